The number of nitrogens with zero attached hydrogens (tertiary/aromatic N) is 1. The molecule has 1 rings (SSSR count). The third kappa shape index (κ3) is 3.37. The van der Waals surface area contributed by atoms with Gasteiger partial charge in [0, 0.05) is 6.08 Å². The molecule has 0 saturated carbocycles. The molecule has 0 heterocycles. The molecule has 0 N–H and O–H groups in total. The fourth-order valence-electron chi connectivity index (χ4n) is 1.09. The Morgan fingerprint density at radius 2 is 2.00 bits per heavy atom. The average molecular weight is 331 g/mol. The van der Waals surface area contributed by atoms with Crippen LogP contribution in [0.1, 0.15) is 12.5 Å². The van der Waals surface area contributed by atoms with Crippen molar-refractivity contribution in [1.29, 1.82) is 5.26 Å². The monoisotopic (exact) mass is 329 g/mol. The van der Waals surface area contributed by atoms with Gasteiger partial charge in [0.2, 0.25) is 0 Å². The third-order valence-corrected chi connectivity index (χ3v) is 2.84. The molecule has 1 aromatic rings. The third-order valence-electron chi connectivity index (χ3n) is 1.66. The molecular formula is C11H9Br2NO. The SMILES string of the molecule is CCOc1c(Br)cc(C=CC#N)cc1Br. The summed E-state index contributed by atoms with van der Waals surface area (Å²) >= 11 is 6.84. The molecule has 0 bridgehead atoms. The fraction of sp³-hybridized carbons (Fsp3) is 0.182. The van der Waals surface area contributed by atoms with Crippen molar-refractivity contribution in [2.24, 2.45) is 0 Å². The Bertz CT molecular complexity index is 398. The number of ether oxygens (including phenoxy) is 1. The Kier molecular flexibility index (Phi) is 4.86. The maximum Gasteiger partial charge on any atom is 0.147 e. The summed E-state index contributed by atoms with van der Waals surface area (Å²) in [5.74, 6) is 0.784. The lowest BCUT2D eigenvalue weighted by molar-refractivity contribution is 0.336. The van der Waals surface area contributed by atoms with E-state index in [1.807, 2.05) is 25.1 Å². The molecule has 78 valence electrons. The van der Waals surface area contributed by atoms with E-state index in [0.29, 0.717) is 6.61 Å². The highest BCUT2D eigenvalue weighted by atomic mass is 79.9. The van der Waals surface area contributed by atoms with Gasteiger partial charge in [0.25, 0.3) is 0 Å². The first-order valence-corrected chi connectivity index (χ1v) is 5.95. The summed E-state index contributed by atoms with van der Waals surface area (Å²) in [6.45, 7) is 2.55. The van der Waals surface area contributed by atoms with E-state index < -0.39 is 0 Å². The molecule has 0 radical (unpaired) electrons. The van der Waals surface area contributed by atoms with Gasteiger partial charge in [0.1, 0.15) is 5.75 Å². The Labute approximate surface area is 106 Å². The molecule has 0 spiro atoms. The predicted octanol–water partition coefficient (Wildman–Crippen LogP) is 4.15. The van der Waals surface area contributed by atoms with Crippen LogP contribution in [0.4, 0.5) is 0 Å². The summed E-state index contributed by atoms with van der Waals surface area (Å²) in [5, 5.41) is 8.42. The minimum atomic E-state index is 0.616. The molecule has 0 aliphatic rings. The van der Waals surface area contributed by atoms with E-state index in [4.69, 9.17) is 10.00 Å². The molecule has 0 amide bonds. The highest BCUT2D eigenvalue weighted by molar-refractivity contribution is 9.11. The van der Waals surface area contributed by atoms with E-state index >= 15 is 0 Å². The first kappa shape index (κ1) is 12.3. The van der Waals surface area contributed by atoms with Gasteiger partial charge in [-0.2, -0.15) is 5.26 Å². The van der Waals surface area contributed by atoms with Crippen molar-refractivity contribution in [2.75, 3.05) is 6.61 Å². The summed E-state index contributed by atoms with van der Waals surface area (Å²) in [6, 6.07) is 5.77. The Balaban J connectivity index is 3.09. The van der Waals surface area contributed by atoms with Crippen LogP contribution in [-0.2, 0) is 0 Å². The van der Waals surface area contributed by atoms with Crippen LogP contribution in [-0.4, -0.2) is 6.61 Å². The minimum absolute atomic E-state index is 0.616. The summed E-state index contributed by atoms with van der Waals surface area (Å²) in [4.78, 5) is 0. The highest BCUT2D eigenvalue weighted by Crippen LogP contribution is 2.35. The molecular weight excluding hydrogens is 322 g/mol. The summed E-state index contributed by atoms with van der Waals surface area (Å²) in [6.07, 6.45) is 3.18. The molecule has 0 unspecified atom stereocenters. The summed E-state index contributed by atoms with van der Waals surface area (Å²) < 4.78 is 7.19. The van der Waals surface area contributed by atoms with Crippen LogP contribution in [0.2, 0.25) is 0 Å². The maximum atomic E-state index is 8.42. The minimum Gasteiger partial charge on any atom is -0.492 e. The molecule has 0 aliphatic heterocycles. The first-order chi connectivity index (χ1) is 7.19. The predicted molar refractivity (Wildman–Crippen MR) is 67.7 cm³/mol. The molecule has 0 fully saturated rings. The number of allylic oxidation sites excluding steroid dienone is 1. The van der Waals surface area contributed by atoms with Crippen LogP contribution in [0.5, 0.6) is 5.75 Å². The van der Waals surface area contributed by atoms with Gasteiger partial charge in [0.05, 0.1) is 21.6 Å². The molecule has 4 heteroatoms. The van der Waals surface area contributed by atoms with E-state index in [2.05, 4.69) is 31.9 Å². The van der Waals surface area contributed by atoms with Crippen molar-refractivity contribution in [3.8, 4) is 11.8 Å². The van der Waals surface area contributed by atoms with Crippen molar-refractivity contribution in [3.05, 3.63) is 32.7 Å². The fourth-order valence-corrected chi connectivity index (χ4v) is 2.54. The van der Waals surface area contributed by atoms with Gasteiger partial charge in [-0.15, -0.1) is 0 Å². The number of hydrogen-bond acceptors (Lipinski definition) is 2. The molecule has 0 atom stereocenters. The van der Waals surface area contributed by atoms with E-state index in [1.165, 1.54) is 6.08 Å². The first-order valence-electron chi connectivity index (χ1n) is 4.37. The van der Waals surface area contributed by atoms with Gasteiger partial charge in [0.15, 0.2) is 0 Å². The topological polar surface area (TPSA) is 33.0 Å². The van der Waals surface area contributed by atoms with E-state index in [0.717, 1.165) is 20.3 Å². The summed E-state index contributed by atoms with van der Waals surface area (Å²) in [5.41, 5.74) is 0.943. The maximum absolute atomic E-state index is 8.42. The zero-order chi connectivity index (χ0) is 11.3. The normalized spacial score (nSPS) is 10.3. The van der Waals surface area contributed by atoms with Crippen molar-refractivity contribution < 1.29 is 4.74 Å². The van der Waals surface area contributed by atoms with Gasteiger partial charge >= 0.3 is 0 Å². The van der Waals surface area contributed by atoms with E-state index in [-0.39, 0.29) is 0 Å². The second-order valence-electron chi connectivity index (χ2n) is 2.71. The van der Waals surface area contributed by atoms with Crippen LogP contribution in [0, 0.1) is 11.3 Å². The van der Waals surface area contributed by atoms with Gasteiger partial charge in [-0.05, 0) is 62.6 Å². The molecule has 0 saturated heterocycles. The van der Waals surface area contributed by atoms with Crippen LogP contribution in [0.15, 0.2) is 27.2 Å². The second-order valence-corrected chi connectivity index (χ2v) is 4.42. The van der Waals surface area contributed by atoms with Crippen molar-refractivity contribution in [1.82, 2.24) is 0 Å². The molecule has 2 nitrogen and oxygen atoms in total. The average Bonchev–Trinajstić information content (AvgIpc) is 2.20. The lowest BCUT2D eigenvalue weighted by atomic mass is 10.2. The molecule has 1 aromatic carbocycles. The molecule has 0 aliphatic carbocycles. The number of nitriles is 1. The number of hydrogen-bond donors (Lipinski definition) is 0. The van der Waals surface area contributed by atoms with Gasteiger partial charge < -0.3 is 4.74 Å². The smallest absolute Gasteiger partial charge is 0.147 e. The van der Waals surface area contributed by atoms with Crippen LogP contribution >= 0.6 is 31.9 Å². The Morgan fingerprint density at radius 1 is 1.40 bits per heavy atom. The van der Waals surface area contributed by atoms with Gasteiger partial charge in [-0.1, -0.05) is 0 Å². The standard InChI is InChI=1S/C11H9Br2NO/c1-2-15-11-9(12)6-8(4-3-5-14)7-10(11)13/h3-4,6-7H,2H2,1H3. The lowest BCUT2D eigenvalue weighted by Gasteiger charge is -2.09. The van der Waals surface area contributed by atoms with Gasteiger partial charge in [-0.25, -0.2) is 0 Å². The Hall–Kier alpha value is -0.790. The van der Waals surface area contributed by atoms with Gasteiger partial charge in [-0.3, -0.25) is 0 Å². The van der Waals surface area contributed by atoms with Crippen molar-refractivity contribution >= 4 is 37.9 Å². The van der Waals surface area contributed by atoms with Crippen LogP contribution in [0.3, 0.4) is 0 Å². The summed E-state index contributed by atoms with van der Waals surface area (Å²) in [7, 11) is 0. The van der Waals surface area contributed by atoms with Crippen LogP contribution < -0.4 is 4.74 Å². The number of rotatable bonds is 3. The quantitative estimate of drug-likeness (QED) is 0.780. The van der Waals surface area contributed by atoms with E-state index in [1.54, 1.807) is 6.08 Å². The molecule has 0 aromatic heterocycles. The molecule has 15 heavy (non-hydrogen) atoms. The zero-order valence-corrected chi connectivity index (χ0v) is 11.3. The van der Waals surface area contributed by atoms with Crippen molar-refractivity contribution in [3.63, 3.8) is 0 Å². The van der Waals surface area contributed by atoms with E-state index in [9.17, 15) is 0 Å². The number of benzene rings is 1. The van der Waals surface area contributed by atoms with Crippen LogP contribution in [0.25, 0.3) is 6.08 Å². The zero-order valence-electron chi connectivity index (χ0n) is 8.13. The largest absolute Gasteiger partial charge is 0.492 e. The Morgan fingerprint density at radius 3 is 2.47 bits per heavy atom. The number of halogens is 2. The highest BCUT2D eigenvalue weighted by Gasteiger charge is 2.06. The van der Waals surface area contributed by atoms with Crippen molar-refractivity contribution in [2.45, 2.75) is 6.92 Å². The lowest BCUT2D eigenvalue weighted by Crippen LogP contribution is -1.93. The second kappa shape index (κ2) is 5.94.